The van der Waals surface area contributed by atoms with Crippen LogP contribution in [0.3, 0.4) is 0 Å². The molecule has 1 aliphatic heterocycles. The van der Waals surface area contributed by atoms with E-state index < -0.39 is 0 Å². The molecule has 1 aromatic rings. The number of anilines is 2. The Balaban J connectivity index is 2.17. The molecule has 0 atom stereocenters. The molecule has 1 aromatic heterocycles. The molecule has 6 heteroatoms. The summed E-state index contributed by atoms with van der Waals surface area (Å²) in [5.41, 5.74) is 0. The van der Waals surface area contributed by atoms with Gasteiger partial charge in [0.25, 0.3) is 0 Å². The van der Waals surface area contributed by atoms with Crippen LogP contribution in [0.4, 0.5) is 11.6 Å². The van der Waals surface area contributed by atoms with Gasteiger partial charge in [0.2, 0.25) is 0 Å². The van der Waals surface area contributed by atoms with Crippen molar-refractivity contribution in [3.05, 3.63) is 6.07 Å². The van der Waals surface area contributed by atoms with Gasteiger partial charge in [0, 0.05) is 38.8 Å². The average molecular weight is 267 g/mol. The van der Waals surface area contributed by atoms with Crippen LogP contribution in [0.5, 0.6) is 0 Å². The maximum absolute atomic E-state index is 4.60. The predicted octanol–water partition coefficient (Wildman–Crippen LogP) is 1.38. The van der Waals surface area contributed by atoms with Gasteiger partial charge in [-0.25, -0.2) is 9.97 Å². The number of likely N-dealkylation sites (N-methyl/N-ethyl adjacent to an activating group) is 1. The maximum Gasteiger partial charge on any atom is 0.191 e. The largest absolute Gasteiger partial charge is 0.370 e. The Hall–Kier alpha value is -1.01. The van der Waals surface area contributed by atoms with E-state index in [0.29, 0.717) is 0 Å². The first-order valence-corrected chi connectivity index (χ1v) is 7.56. The first-order chi connectivity index (χ1) is 8.72. The zero-order valence-electron chi connectivity index (χ0n) is 11.3. The molecule has 2 heterocycles. The van der Waals surface area contributed by atoms with Crippen LogP contribution in [-0.4, -0.2) is 60.9 Å². The van der Waals surface area contributed by atoms with Crippen molar-refractivity contribution in [2.75, 3.05) is 56.2 Å². The predicted molar refractivity (Wildman–Crippen MR) is 77.7 cm³/mol. The SMILES string of the molecule is CCNc1cc(N2CCN(C)CC2)nc(SC)n1. The number of rotatable bonds is 4. The molecular weight excluding hydrogens is 246 g/mol. The molecule has 0 radical (unpaired) electrons. The van der Waals surface area contributed by atoms with Gasteiger partial charge in [-0.2, -0.15) is 0 Å². The van der Waals surface area contributed by atoms with Crippen molar-refractivity contribution in [1.82, 2.24) is 14.9 Å². The maximum atomic E-state index is 4.60. The van der Waals surface area contributed by atoms with E-state index in [-0.39, 0.29) is 0 Å². The molecule has 1 aliphatic rings. The van der Waals surface area contributed by atoms with E-state index in [0.717, 1.165) is 49.5 Å². The smallest absolute Gasteiger partial charge is 0.191 e. The van der Waals surface area contributed by atoms with Gasteiger partial charge in [0.1, 0.15) is 11.6 Å². The van der Waals surface area contributed by atoms with Gasteiger partial charge < -0.3 is 15.1 Å². The summed E-state index contributed by atoms with van der Waals surface area (Å²) in [7, 11) is 2.16. The first kappa shape index (κ1) is 13.4. The second-order valence-electron chi connectivity index (χ2n) is 4.42. The molecule has 0 aromatic carbocycles. The molecule has 0 aliphatic carbocycles. The molecule has 0 spiro atoms. The fourth-order valence-corrected chi connectivity index (χ4v) is 2.35. The van der Waals surface area contributed by atoms with Crippen molar-refractivity contribution < 1.29 is 0 Å². The lowest BCUT2D eigenvalue weighted by molar-refractivity contribution is 0.312. The summed E-state index contributed by atoms with van der Waals surface area (Å²) in [5, 5.41) is 4.10. The van der Waals surface area contributed by atoms with E-state index in [1.165, 1.54) is 0 Å². The summed E-state index contributed by atoms with van der Waals surface area (Å²) in [5.74, 6) is 1.96. The standard InChI is InChI=1S/C12H21N5S/c1-4-13-10-9-11(15-12(14-10)18-3)17-7-5-16(2)6-8-17/h9H,4-8H2,1-3H3,(H,13,14,15). The number of aromatic nitrogens is 2. The van der Waals surface area contributed by atoms with Gasteiger partial charge in [-0.1, -0.05) is 11.8 Å². The van der Waals surface area contributed by atoms with Gasteiger partial charge in [-0.15, -0.1) is 0 Å². The highest BCUT2D eigenvalue weighted by molar-refractivity contribution is 7.98. The minimum absolute atomic E-state index is 0.836. The number of hydrogen-bond acceptors (Lipinski definition) is 6. The van der Waals surface area contributed by atoms with E-state index in [1.54, 1.807) is 11.8 Å². The molecule has 100 valence electrons. The monoisotopic (exact) mass is 267 g/mol. The van der Waals surface area contributed by atoms with Crippen molar-refractivity contribution >= 4 is 23.4 Å². The third-order valence-electron chi connectivity index (χ3n) is 3.06. The average Bonchev–Trinajstić information content (AvgIpc) is 2.39. The molecule has 0 saturated carbocycles. The van der Waals surface area contributed by atoms with Crippen LogP contribution in [0.2, 0.25) is 0 Å². The van der Waals surface area contributed by atoms with E-state index in [2.05, 4.69) is 45.1 Å². The number of thioether (sulfide) groups is 1. The molecule has 1 fully saturated rings. The van der Waals surface area contributed by atoms with Crippen molar-refractivity contribution in [1.29, 1.82) is 0 Å². The summed E-state index contributed by atoms with van der Waals surface area (Å²) in [4.78, 5) is 13.7. The highest BCUT2D eigenvalue weighted by Crippen LogP contribution is 2.21. The Morgan fingerprint density at radius 3 is 2.61 bits per heavy atom. The third-order valence-corrected chi connectivity index (χ3v) is 3.61. The van der Waals surface area contributed by atoms with Gasteiger partial charge in [-0.3, -0.25) is 0 Å². The molecule has 18 heavy (non-hydrogen) atoms. The number of nitrogens with zero attached hydrogens (tertiary/aromatic N) is 4. The van der Waals surface area contributed by atoms with Crippen LogP contribution < -0.4 is 10.2 Å². The van der Waals surface area contributed by atoms with E-state index in [4.69, 9.17) is 0 Å². The Bertz CT molecular complexity index is 390. The molecule has 2 rings (SSSR count). The Morgan fingerprint density at radius 2 is 2.00 bits per heavy atom. The van der Waals surface area contributed by atoms with Crippen LogP contribution in [0.1, 0.15) is 6.92 Å². The van der Waals surface area contributed by atoms with Crippen molar-refractivity contribution in [3.8, 4) is 0 Å². The fraction of sp³-hybridized carbons (Fsp3) is 0.667. The number of piperazine rings is 1. The second kappa shape index (κ2) is 6.24. The Morgan fingerprint density at radius 1 is 1.28 bits per heavy atom. The van der Waals surface area contributed by atoms with Gasteiger partial charge in [-0.05, 0) is 20.2 Å². The van der Waals surface area contributed by atoms with Crippen molar-refractivity contribution in [3.63, 3.8) is 0 Å². The zero-order valence-corrected chi connectivity index (χ0v) is 12.1. The lowest BCUT2D eigenvalue weighted by atomic mass is 10.3. The quantitative estimate of drug-likeness (QED) is 0.657. The number of nitrogens with one attached hydrogen (secondary N) is 1. The Kier molecular flexibility index (Phi) is 4.66. The van der Waals surface area contributed by atoms with Crippen molar-refractivity contribution in [2.45, 2.75) is 12.1 Å². The van der Waals surface area contributed by atoms with Crippen molar-refractivity contribution in [2.24, 2.45) is 0 Å². The Labute approximate surface area is 113 Å². The minimum Gasteiger partial charge on any atom is -0.370 e. The molecular formula is C12H21N5S. The van der Waals surface area contributed by atoms with Gasteiger partial charge in [0.15, 0.2) is 5.16 Å². The summed E-state index contributed by atoms with van der Waals surface area (Å²) in [6.45, 7) is 7.22. The zero-order chi connectivity index (χ0) is 13.0. The lowest BCUT2D eigenvalue weighted by Crippen LogP contribution is -2.44. The third kappa shape index (κ3) is 3.26. The minimum atomic E-state index is 0.836. The van der Waals surface area contributed by atoms with Crippen LogP contribution >= 0.6 is 11.8 Å². The molecule has 0 amide bonds. The molecule has 1 saturated heterocycles. The topological polar surface area (TPSA) is 44.3 Å². The fourth-order valence-electron chi connectivity index (χ4n) is 1.97. The summed E-state index contributed by atoms with van der Waals surface area (Å²) in [6, 6.07) is 2.05. The first-order valence-electron chi connectivity index (χ1n) is 6.33. The normalized spacial score (nSPS) is 16.9. The summed E-state index contributed by atoms with van der Waals surface area (Å²) < 4.78 is 0. The molecule has 0 bridgehead atoms. The second-order valence-corrected chi connectivity index (χ2v) is 5.19. The van der Waals surface area contributed by atoms with E-state index in [9.17, 15) is 0 Å². The highest BCUT2D eigenvalue weighted by Gasteiger charge is 2.16. The van der Waals surface area contributed by atoms with Gasteiger partial charge in [0.05, 0.1) is 0 Å². The highest BCUT2D eigenvalue weighted by atomic mass is 32.2. The molecule has 1 N–H and O–H groups in total. The van der Waals surface area contributed by atoms with Crippen LogP contribution in [0.25, 0.3) is 0 Å². The summed E-state index contributed by atoms with van der Waals surface area (Å²) in [6.07, 6.45) is 2.01. The van der Waals surface area contributed by atoms with E-state index in [1.807, 2.05) is 6.26 Å². The van der Waals surface area contributed by atoms with Crippen LogP contribution in [0, 0.1) is 0 Å². The molecule has 5 nitrogen and oxygen atoms in total. The summed E-state index contributed by atoms with van der Waals surface area (Å²) >= 11 is 1.59. The van der Waals surface area contributed by atoms with Crippen LogP contribution in [0.15, 0.2) is 11.2 Å². The number of hydrogen-bond donors (Lipinski definition) is 1. The van der Waals surface area contributed by atoms with E-state index >= 15 is 0 Å². The lowest BCUT2D eigenvalue weighted by Gasteiger charge is -2.33. The van der Waals surface area contributed by atoms with Gasteiger partial charge >= 0.3 is 0 Å². The molecule has 0 unspecified atom stereocenters. The van der Waals surface area contributed by atoms with Crippen LogP contribution in [-0.2, 0) is 0 Å².